The minimum absolute atomic E-state index is 1.04. The highest BCUT2D eigenvalue weighted by Gasteiger charge is 2.29. The van der Waals surface area contributed by atoms with Gasteiger partial charge >= 0.3 is 0 Å². The molecule has 3 rings (SSSR count). The van der Waals surface area contributed by atoms with E-state index in [9.17, 15) is 0 Å². The van der Waals surface area contributed by atoms with Crippen molar-refractivity contribution in [2.75, 3.05) is 19.6 Å². The summed E-state index contributed by atoms with van der Waals surface area (Å²) in [6, 6.07) is 0. The van der Waals surface area contributed by atoms with E-state index in [0.717, 1.165) is 17.8 Å². The second kappa shape index (κ2) is 7.11. The van der Waals surface area contributed by atoms with Crippen molar-refractivity contribution in [2.45, 2.75) is 77.0 Å². The third-order valence-corrected chi connectivity index (χ3v) is 6.10. The Bertz CT molecular complexity index is 250. The zero-order valence-corrected chi connectivity index (χ0v) is 12.8. The summed E-state index contributed by atoms with van der Waals surface area (Å²) >= 11 is 0. The maximum atomic E-state index is 2.85. The van der Waals surface area contributed by atoms with Gasteiger partial charge in [-0.05, 0) is 50.0 Å². The monoisotopic (exact) mass is 263 g/mol. The molecule has 2 saturated carbocycles. The highest BCUT2D eigenvalue weighted by atomic mass is 15.1. The van der Waals surface area contributed by atoms with Crippen LogP contribution in [0.5, 0.6) is 0 Å². The molecule has 19 heavy (non-hydrogen) atoms. The van der Waals surface area contributed by atoms with Crippen molar-refractivity contribution in [1.29, 1.82) is 0 Å². The molecular weight excluding hydrogens is 230 g/mol. The SMILES string of the molecule is C1CCC(CN2CCCC(C3CCCCC3)C2)CC1. The summed E-state index contributed by atoms with van der Waals surface area (Å²) in [6.45, 7) is 4.28. The molecule has 0 aromatic carbocycles. The Hall–Kier alpha value is -0.0400. The van der Waals surface area contributed by atoms with Gasteiger partial charge in [0.15, 0.2) is 0 Å². The fourth-order valence-electron chi connectivity index (χ4n) is 4.98. The van der Waals surface area contributed by atoms with Gasteiger partial charge in [-0.3, -0.25) is 0 Å². The van der Waals surface area contributed by atoms with Gasteiger partial charge in [0, 0.05) is 13.1 Å². The van der Waals surface area contributed by atoms with E-state index in [-0.39, 0.29) is 0 Å². The lowest BCUT2D eigenvalue weighted by Crippen LogP contribution is -2.41. The minimum Gasteiger partial charge on any atom is -0.303 e. The van der Waals surface area contributed by atoms with Crippen LogP contribution in [0.2, 0.25) is 0 Å². The van der Waals surface area contributed by atoms with Crippen molar-refractivity contribution in [3.05, 3.63) is 0 Å². The summed E-state index contributed by atoms with van der Waals surface area (Å²) in [7, 11) is 0. The van der Waals surface area contributed by atoms with E-state index in [1.165, 1.54) is 83.8 Å². The van der Waals surface area contributed by atoms with Crippen LogP contribution in [0.1, 0.15) is 77.0 Å². The lowest BCUT2D eigenvalue weighted by molar-refractivity contribution is 0.0948. The molecule has 1 heterocycles. The van der Waals surface area contributed by atoms with Gasteiger partial charge in [0.05, 0.1) is 0 Å². The number of nitrogens with zero attached hydrogens (tertiary/aromatic N) is 1. The molecule has 2 aliphatic carbocycles. The van der Waals surface area contributed by atoms with Crippen LogP contribution in [-0.2, 0) is 0 Å². The van der Waals surface area contributed by atoms with Crippen LogP contribution in [0, 0.1) is 17.8 Å². The second-order valence-corrected chi connectivity index (χ2v) is 7.56. The maximum absolute atomic E-state index is 2.85. The standard InChI is InChI=1S/C18H33N/c1-3-8-16(9-4-1)14-19-13-7-12-18(15-19)17-10-5-2-6-11-17/h16-18H,1-15H2. The Balaban J connectivity index is 1.46. The van der Waals surface area contributed by atoms with Gasteiger partial charge in [-0.15, -0.1) is 0 Å². The first kappa shape index (κ1) is 13.9. The Kier molecular flexibility index (Phi) is 5.21. The predicted molar refractivity (Wildman–Crippen MR) is 82.3 cm³/mol. The van der Waals surface area contributed by atoms with Crippen LogP contribution in [0.25, 0.3) is 0 Å². The summed E-state index contributed by atoms with van der Waals surface area (Å²) in [6.07, 6.45) is 18.2. The molecule has 1 saturated heterocycles. The van der Waals surface area contributed by atoms with Crippen LogP contribution >= 0.6 is 0 Å². The van der Waals surface area contributed by atoms with Gasteiger partial charge in [-0.2, -0.15) is 0 Å². The predicted octanol–water partition coefficient (Wildman–Crippen LogP) is 4.86. The molecule has 0 aromatic heterocycles. The quantitative estimate of drug-likeness (QED) is 0.703. The number of hydrogen-bond donors (Lipinski definition) is 0. The summed E-state index contributed by atoms with van der Waals surface area (Å²) in [5, 5.41) is 0. The number of piperidine rings is 1. The van der Waals surface area contributed by atoms with Gasteiger partial charge in [0.25, 0.3) is 0 Å². The fraction of sp³-hybridized carbons (Fsp3) is 1.00. The Labute approximate surface area is 120 Å². The van der Waals surface area contributed by atoms with E-state index in [4.69, 9.17) is 0 Å². The molecule has 0 N–H and O–H groups in total. The Morgan fingerprint density at radius 2 is 1.26 bits per heavy atom. The smallest absolute Gasteiger partial charge is 0.00124 e. The Morgan fingerprint density at radius 1 is 0.632 bits per heavy atom. The van der Waals surface area contributed by atoms with E-state index in [1.54, 1.807) is 12.8 Å². The average molecular weight is 263 g/mol. The van der Waals surface area contributed by atoms with Crippen molar-refractivity contribution in [3.63, 3.8) is 0 Å². The first-order chi connectivity index (χ1) is 9.42. The van der Waals surface area contributed by atoms with Crippen molar-refractivity contribution in [3.8, 4) is 0 Å². The zero-order valence-electron chi connectivity index (χ0n) is 12.8. The van der Waals surface area contributed by atoms with Gasteiger partial charge < -0.3 is 4.90 Å². The summed E-state index contributed by atoms with van der Waals surface area (Å²) < 4.78 is 0. The highest BCUT2D eigenvalue weighted by molar-refractivity contribution is 4.82. The minimum atomic E-state index is 1.04. The third kappa shape index (κ3) is 3.97. The van der Waals surface area contributed by atoms with Gasteiger partial charge in [-0.25, -0.2) is 0 Å². The van der Waals surface area contributed by atoms with Crippen LogP contribution in [0.4, 0.5) is 0 Å². The number of hydrogen-bond acceptors (Lipinski definition) is 1. The molecule has 0 bridgehead atoms. The Morgan fingerprint density at radius 3 is 2.00 bits per heavy atom. The van der Waals surface area contributed by atoms with Crippen LogP contribution in [0.3, 0.4) is 0 Å². The molecule has 110 valence electrons. The van der Waals surface area contributed by atoms with E-state index in [2.05, 4.69) is 4.90 Å². The van der Waals surface area contributed by atoms with E-state index in [1.807, 2.05) is 0 Å². The third-order valence-electron chi connectivity index (χ3n) is 6.10. The highest BCUT2D eigenvalue weighted by Crippen LogP contribution is 2.35. The van der Waals surface area contributed by atoms with Crippen molar-refractivity contribution >= 4 is 0 Å². The average Bonchev–Trinajstić information content (AvgIpc) is 2.49. The van der Waals surface area contributed by atoms with Crippen LogP contribution in [0.15, 0.2) is 0 Å². The molecule has 1 nitrogen and oxygen atoms in total. The first-order valence-electron chi connectivity index (χ1n) is 9.14. The lowest BCUT2D eigenvalue weighted by atomic mass is 9.76. The molecule has 3 aliphatic rings. The molecule has 1 unspecified atom stereocenters. The molecule has 1 atom stereocenters. The molecule has 0 aromatic rings. The van der Waals surface area contributed by atoms with E-state index in [0.29, 0.717) is 0 Å². The van der Waals surface area contributed by atoms with Crippen molar-refractivity contribution < 1.29 is 0 Å². The topological polar surface area (TPSA) is 3.24 Å². The second-order valence-electron chi connectivity index (χ2n) is 7.56. The molecule has 3 fully saturated rings. The molecule has 1 aliphatic heterocycles. The summed E-state index contributed by atoms with van der Waals surface area (Å²) in [5.74, 6) is 3.18. The first-order valence-corrected chi connectivity index (χ1v) is 9.14. The molecule has 0 radical (unpaired) electrons. The van der Waals surface area contributed by atoms with Gasteiger partial charge in [0.2, 0.25) is 0 Å². The van der Waals surface area contributed by atoms with Crippen molar-refractivity contribution in [1.82, 2.24) is 4.90 Å². The lowest BCUT2D eigenvalue weighted by Gasteiger charge is -2.40. The van der Waals surface area contributed by atoms with Crippen LogP contribution in [-0.4, -0.2) is 24.5 Å². The zero-order chi connectivity index (χ0) is 12.9. The van der Waals surface area contributed by atoms with Crippen LogP contribution < -0.4 is 0 Å². The number of rotatable bonds is 3. The molecule has 1 heteroatoms. The summed E-state index contributed by atoms with van der Waals surface area (Å²) in [4.78, 5) is 2.85. The van der Waals surface area contributed by atoms with Gasteiger partial charge in [0.1, 0.15) is 0 Å². The van der Waals surface area contributed by atoms with E-state index < -0.39 is 0 Å². The largest absolute Gasteiger partial charge is 0.303 e. The molecular formula is C18H33N. The summed E-state index contributed by atoms with van der Waals surface area (Å²) in [5.41, 5.74) is 0. The normalized spacial score (nSPS) is 32.5. The fourth-order valence-corrected chi connectivity index (χ4v) is 4.98. The molecule has 0 spiro atoms. The number of likely N-dealkylation sites (tertiary alicyclic amines) is 1. The van der Waals surface area contributed by atoms with Gasteiger partial charge in [-0.1, -0.05) is 51.4 Å². The van der Waals surface area contributed by atoms with E-state index >= 15 is 0 Å². The van der Waals surface area contributed by atoms with Crippen molar-refractivity contribution in [2.24, 2.45) is 17.8 Å². The maximum Gasteiger partial charge on any atom is 0.00124 e. The molecule has 0 amide bonds.